The fourth-order valence-corrected chi connectivity index (χ4v) is 5.46. The Balaban J connectivity index is 1.61. The van der Waals surface area contributed by atoms with Crippen LogP contribution in [0, 0.1) is 18.8 Å². The van der Waals surface area contributed by atoms with Gasteiger partial charge in [-0.25, -0.2) is 14.5 Å². The molecule has 2 fully saturated rings. The molecule has 8 heteroatoms. The van der Waals surface area contributed by atoms with Gasteiger partial charge in [0.05, 0.1) is 23.6 Å². The SMILES string of the molecule is Cc1ccc(NC(=O)N2C(C=Cc3ccccc3)C3C(=O)N(c4ccccc4)C(=O)C3C2(C)C(=O)O)cc1. The van der Waals surface area contributed by atoms with Gasteiger partial charge in [-0.15, -0.1) is 0 Å². The zero-order valence-corrected chi connectivity index (χ0v) is 20.9. The second-order valence-corrected chi connectivity index (χ2v) is 9.73. The van der Waals surface area contributed by atoms with E-state index in [1.807, 2.05) is 49.4 Å². The number of carbonyl (C=O) groups is 4. The second-order valence-electron chi connectivity index (χ2n) is 9.73. The summed E-state index contributed by atoms with van der Waals surface area (Å²) in [6.45, 7) is 3.26. The van der Waals surface area contributed by atoms with Gasteiger partial charge in [-0.2, -0.15) is 0 Å². The number of imide groups is 1. The number of hydrogen-bond acceptors (Lipinski definition) is 4. The minimum atomic E-state index is -1.98. The zero-order valence-electron chi connectivity index (χ0n) is 20.9. The minimum Gasteiger partial charge on any atom is -0.479 e. The van der Waals surface area contributed by atoms with E-state index in [9.17, 15) is 24.3 Å². The lowest BCUT2D eigenvalue weighted by atomic mass is 9.81. The Bertz CT molecular complexity index is 1420. The van der Waals surface area contributed by atoms with Crippen molar-refractivity contribution in [1.29, 1.82) is 0 Å². The number of benzene rings is 3. The van der Waals surface area contributed by atoms with Gasteiger partial charge in [0.2, 0.25) is 11.8 Å². The molecule has 4 amide bonds. The van der Waals surface area contributed by atoms with Gasteiger partial charge < -0.3 is 15.3 Å². The monoisotopic (exact) mass is 509 g/mol. The molecule has 0 aliphatic carbocycles. The topological polar surface area (TPSA) is 107 Å². The van der Waals surface area contributed by atoms with E-state index < -0.39 is 47.2 Å². The maximum Gasteiger partial charge on any atom is 0.330 e. The summed E-state index contributed by atoms with van der Waals surface area (Å²) in [5.74, 6) is -4.89. The van der Waals surface area contributed by atoms with Crippen LogP contribution in [-0.2, 0) is 14.4 Å². The van der Waals surface area contributed by atoms with Crippen LogP contribution in [0.15, 0.2) is 91.0 Å². The number of carboxylic acids is 1. The Morgan fingerprint density at radius 2 is 1.50 bits per heavy atom. The molecule has 8 nitrogen and oxygen atoms in total. The first-order valence-corrected chi connectivity index (χ1v) is 12.3. The summed E-state index contributed by atoms with van der Waals surface area (Å²) in [6, 6.07) is 23.1. The highest BCUT2D eigenvalue weighted by Gasteiger charge is 2.71. The summed E-state index contributed by atoms with van der Waals surface area (Å²) in [4.78, 5) is 56.4. The van der Waals surface area contributed by atoms with Gasteiger partial charge in [0.25, 0.3) is 0 Å². The molecule has 4 unspecified atom stereocenters. The number of carboxylic acid groups (broad SMARTS) is 1. The van der Waals surface area contributed by atoms with Crippen molar-refractivity contribution >= 4 is 41.3 Å². The molecule has 2 N–H and O–H groups in total. The highest BCUT2D eigenvalue weighted by atomic mass is 16.4. The zero-order chi connectivity index (χ0) is 27.0. The number of aliphatic carboxylic acids is 1. The first-order valence-electron chi connectivity index (χ1n) is 12.3. The lowest BCUT2D eigenvalue weighted by molar-refractivity contribution is -0.151. The van der Waals surface area contributed by atoms with Crippen molar-refractivity contribution in [1.82, 2.24) is 4.90 Å². The third kappa shape index (κ3) is 4.04. The van der Waals surface area contributed by atoms with Crippen molar-refractivity contribution in [3.63, 3.8) is 0 Å². The van der Waals surface area contributed by atoms with Crippen molar-refractivity contribution in [2.45, 2.75) is 25.4 Å². The summed E-state index contributed by atoms with van der Waals surface area (Å²) in [5, 5.41) is 13.2. The quantitative estimate of drug-likeness (QED) is 0.490. The second kappa shape index (κ2) is 9.63. The number of urea groups is 1. The number of aryl methyl sites for hydroxylation is 1. The molecular weight excluding hydrogens is 482 g/mol. The largest absolute Gasteiger partial charge is 0.479 e. The van der Waals surface area contributed by atoms with Crippen LogP contribution in [-0.4, -0.2) is 45.4 Å². The number of fused-ring (bicyclic) bond motifs is 1. The van der Waals surface area contributed by atoms with Gasteiger partial charge in [-0.05, 0) is 43.7 Å². The van der Waals surface area contributed by atoms with Crippen LogP contribution < -0.4 is 10.2 Å². The Morgan fingerprint density at radius 3 is 2.11 bits per heavy atom. The van der Waals surface area contributed by atoms with Crippen molar-refractivity contribution in [3.8, 4) is 0 Å². The Kier molecular flexibility index (Phi) is 6.32. The fourth-order valence-electron chi connectivity index (χ4n) is 5.46. The van der Waals surface area contributed by atoms with Gasteiger partial charge in [-0.3, -0.25) is 9.59 Å². The summed E-state index contributed by atoms with van der Waals surface area (Å²) in [5.41, 5.74) is 0.658. The van der Waals surface area contributed by atoms with E-state index in [1.54, 1.807) is 54.6 Å². The molecule has 0 saturated carbocycles. The third-order valence-corrected chi connectivity index (χ3v) is 7.38. The van der Waals surface area contributed by atoms with Crippen LogP contribution in [0.5, 0.6) is 0 Å². The van der Waals surface area contributed by atoms with Crippen molar-refractivity contribution in [2.75, 3.05) is 10.2 Å². The predicted octanol–water partition coefficient (Wildman–Crippen LogP) is 4.57. The average molecular weight is 510 g/mol. The minimum absolute atomic E-state index is 0.367. The molecule has 2 aliphatic heterocycles. The Hall–Kier alpha value is -4.72. The number of hydrogen-bond donors (Lipinski definition) is 2. The van der Waals surface area contributed by atoms with Crippen LogP contribution in [0.4, 0.5) is 16.2 Å². The number of para-hydroxylation sites is 1. The first-order chi connectivity index (χ1) is 18.2. The molecule has 0 bridgehead atoms. The van der Waals surface area contributed by atoms with Crippen molar-refractivity contribution in [3.05, 3.63) is 102 Å². The van der Waals surface area contributed by atoms with Gasteiger partial charge in [-0.1, -0.05) is 78.4 Å². The molecular formula is C30H27N3O5. The van der Waals surface area contributed by atoms with Crippen LogP contribution >= 0.6 is 0 Å². The smallest absolute Gasteiger partial charge is 0.330 e. The van der Waals surface area contributed by atoms with E-state index in [4.69, 9.17) is 0 Å². The van der Waals surface area contributed by atoms with E-state index in [0.29, 0.717) is 11.4 Å². The van der Waals surface area contributed by atoms with Gasteiger partial charge >= 0.3 is 12.0 Å². The Labute approximate surface area is 220 Å². The highest BCUT2D eigenvalue weighted by molar-refractivity contribution is 6.24. The lowest BCUT2D eigenvalue weighted by Crippen LogP contribution is -2.59. The molecule has 4 atom stereocenters. The normalized spacial score (nSPS) is 24.6. The van der Waals surface area contributed by atoms with Gasteiger partial charge in [0, 0.05) is 5.69 Å². The van der Waals surface area contributed by atoms with Gasteiger partial charge in [0.1, 0.15) is 0 Å². The summed E-state index contributed by atoms with van der Waals surface area (Å²) >= 11 is 0. The molecule has 5 rings (SSSR count). The number of anilines is 2. The Morgan fingerprint density at radius 1 is 0.895 bits per heavy atom. The summed E-state index contributed by atoms with van der Waals surface area (Å²) in [6.07, 6.45) is 3.39. The number of likely N-dealkylation sites (tertiary alicyclic amines) is 1. The molecule has 3 aromatic rings. The molecule has 3 aromatic carbocycles. The first kappa shape index (κ1) is 25.0. The van der Waals surface area contributed by atoms with E-state index in [0.717, 1.165) is 20.9 Å². The van der Waals surface area contributed by atoms with E-state index in [2.05, 4.69) is 5.32 Å². The molecule has 2 saturated heterocycles. The summed E-state index contributed by atoms with van der Waals surface area (Å²) in [7, 11) is 0. The maximum absolute atomic E-state index is 13.8. The lowest BCUT2D eigenvalue weighted by Gasteiger charge is -2.37. The third-order valence-electron chi connectivity index (χ3n) is 7.38. The molecule has 0 radical (unpaired) electrons. The maximum atomic E-state index is 13.8. The highest BCUT2D eigenvalue weighted by Crippen LogP contribution is 2.50. The summed E-state index contributed by atoms with van der Waals surface area (Å²) < 4.78 is 0. The number of rotatable bonds is 5. The van der Waals surface area contributed by atoms with Crippen LogP contribution in [0.3, 0.4) is 0 Å². The molecule has 0 aromatic heterocycles. The van der Waals surface area contributed by atoms with E-state index in [-0.39, 0.29) is 0 Å². The van der Waals surface area contributed by atoms with E-state index >= 15 is 0 Å². The standard InChI is InChI=1S/C30H27N3O5/c1-19-13-16-21(17-14-19)31-29(38)33-23(18-15-20-9-5-3-6-10-20)24-25(30(33,2)28(36)37)27(35)32(26(24)34)22-11-7-4-8-12-22/h3-18,23-25H,1-2H3,(H,31,38)(H,36,37). The van der Waals surface area contributed by atoms with Crippen LogP contribution in [0.2, 0.25) is 0 Å². The van der Waals surface area contributed by atoms with Crippen molar-refractivity contribution < 1.29 is 24.3 Å². The predicted molar refractivity (Wildman–Crippen MR) is 143 cm³/mol. The van der Waals surface area contributed by atoms with Crippen LogP contribution in [0.1, 0.15) is 18.1 Å². The fraction of sp³-hybridized carbons (Fsp3) is 0.200. The average Bonchev–Trinajstić information content (AvgIpc) is 3.34. The molecule has 192 valence electrons. The number of nitrogens with one attached hydrogen (secondary N) is 1. The van der Waals surface area contributed by atoms with Crippen LogP contribution in [0.25, 0.3) is 6.08 Å². The molecule has 38 heavy (non-hydrogen) atoms. The number of carbonyl (C=O) groups excluding carboxylic acids is 3. The van der Waals surface area contributed by atoms with Crippen molar-refractivity contribution in [2.24, 2.45) is 11.8 Å². The van der Waals surface area contributed by atoms with Gasteiger partial charge in [0.15, 0.2) is 5.54 Å². The molecule has 2 aliphatic rings. The number of amides is 4. The molecule has 2 heterocycles. The van der Waals surface area contributed by atoms with E-state index in [1.165, 1.54) is 6.92 Å². The number of nitrogens with zero attached hydrogens (tertiary/aromatic N) is 2. The molecule has 0 spiro atoms.